The van der Waals surface area contributed by atoms with E-state index in [9.17, 15) is 22.0 Å². The maximum atomic E-state index is 13.7. The van der Waals surface area contributed by atoms with Crippen molar-refractivity contribution < 1.29 is 31.8 Å². The summed E-state index contributed by atoms with van der Waals surface area (Å²) < 4.78 is 55.2. The highest BCUT2D eigenvalue weighted by atomic mass is 32.2. The van der Waals surface area contributed by atoms with Gasteiger partial charge in [0.1, 0.15) is 11.3 Å². The molecule has 0 aliphatic heterocycles. The van der Waals surface area contributed by atoms with E-state index >= 15 is 0 Å². The van der Waals surface area contributed by atoms with Crippen molar-refractivity contribution in [3.8, 4) is 5.75 Å². The third-order valence-electron chi connectivity index (χ3n) is 2.92. The average molecular weight is 334 g/mol. The van der Waals surface area contributed by atoms with E-state index in [1.165, 1.54) is 0 Å². The van der Waals surface area contributed by atoms with Crippen molar-refractivity contribution in [1.29, 1.82) is 0 Å². The first kappa shape index (κ1) is 18.1. The summed E-state index contributed by atoms with van der Waals surface area (Å²) in [5.41, 5.74) is -0.496. The van der Waals surface area contributed by atoms with E-state index in [-0.39, 0.29) is 10.6 Å². The highest BCUT2D eigenvalue weighted by Crippen LogP contribution is 2.30. The number of halogens is 2. The van der Waals surface area contributed by atoms with Gasteiger partial charge in [-0.3, -0.25) is 0 Å². The quantitative estimate of drug-likeness (QED) is 0.776. The number of hydrogen-bond donors (Lipinski definition) is 1. The summed E-state index contributed by atoms with van der Waals surface area (Å²) >= 11 is 0. The van der Waals surface area contributed by atoms with Crippen LogP contribution in [0.15, 0.2) is 35.7 Å². The molecule has 1 aromatic rings. The van der Waals surface area contributed by atoms with E-state index < -0.39 is 39.8 Å². The Kier molecular flexibility index (Phi) is 5.29. The van der Waals surface area contributed by atoms with E-state index in [2.05, 4.69) is 6.58 Å². The second-order valence-corrected chi connectivity index (χ2v) is 6.76. The lowest BCUT2D eigenvalue weighted by atomic mass is 10.1. The Morgan fingerprint density at radius 1 is 1.50 bits per heavy atom. The molecule has 1 aromatic carbocycles. The first-order valence-corrected chi connectivity index (χ1v) is 8.11. The van der Waals surface area contributed by atoms with Crippen LogP contribution in [-0.4, -0.2) is 37.8 Å². The molecule has 0 aliphatic carbocycles. The number of carboxylic acids is 1. The topological polar surface area (TPSA) is 80.7 Å². The Bertz CT molecular complexity index is 682. The molecule has 0 saturated heterocycles. The van der Waals surface area contributed by atoms with Crippen LogP contribution in [0.3, 0.4) is 0 Å². The summed E-state index contributed by atoms with van der Waals surface area (Å²) in [7, 11) is -3.62. The van der Waals surface area contributed by atoms with Gasteiger partial charge in [0.2, 0.25) is 0 Å². The number of benzene rings is 1. The lowest BCUT2D eigenvalue weighted by Gasteiger charge is -2.24. The van der Waals surface area contributed by atoms with Gasteiger partial charge in [0.05, 0.1) is 4.90 Å². The Labute approximate surface area is 127 Å². The van der Waals surface area contributed by atoms with Gasteiger partial charge in [-0.05, 0) is 25.1 Å². The normalized spacial score (nSPS) is 13.5. The standard InChI is InChI=1S/C14H16F2O5S/c1-4-7-14(15,16)9(2)21-12-6-5-10(22(3,19)20)8-11(12)13(17)18/h4-6,8-9H,1,7H2,2-3H3,(H,17,18). The second kappa shape index (κ2) is 6.43. The minimum atomic E-state index is -3.62. The fourth-order valence-electron chi connectivity index (χ4n) is 1.64. The Morgan fingerprint density at radius 3 is 2.55 bits per heavy atom. The molecular formula is C14H16F2O5S. The number of rotatable bonds is 7. The van der Waals surface area contributed by atoms with Gasteiger partial charge < -0.3 is 9.84 Å². The number of allylic oxidation sites excluding steroid dienone is 1. The molecule has 1 atom stereocenters. The molecule has 5 nitrogen and oxygen atoms in total. The van der Waals surface area contributed by atoms with Crippen molar-refractivity contribution in [2.45, 2.75) is 30.3 Å². The van der Waals surface area contributed by atoms with Gasteiger partial charge in [-0.2, -0.15) is 0 Å². The van der Waals surface area contributed by atoms with Gasteiger partial charge in [-0.15, -0.1) is 6.58 Å². The predicted molar refractivity (Wildman–Crippen MR) is 76.4 cm³/mol. The third kappa shape index (κ3) is 4.27. The molecule has 0 saturated carbocycles. The van der Waals surface area contributed by atoms with Crippen LogP contribution in [0.5, 0.6) is 5.75 Å². The highest BCUT2D eigenvalue weighted by molar-refractivity contribution is 7.90. The monoisotopic (exact) mass is 334 g/mol. The van der Waals surface area contributed by atoms with Crippen molar-refractivity contribution >= 4 is 15.8 Å². The molecule has 0 radical (unpaired) electrons. The van der Waals surface area contributed by atoms with Crippen molar-refractivity contribution in [2.24, 2.45) is 0 Å². The van der Waals surface area contributed by atoms with Crippen LogP contribution in [0.4, 0.5) is 8.78 Å². The van der Waals surface area contributed by atoms with Gasteiger partial charge in [-0.1, -0.05) is 6.08 Å². The van der Waals surface area contributed by atoms with E-state index in [4.69, 9.17) is 9.84 Å². The van der Waals surface area contributed by atoms with Gasteiger partial charge in [0.25, 0.3) is 5.92 Å². The maximum Gasteiger partial charge on any atom is 0.339 e. The van der Waals surface area contributed by atoms with Crippen LogP contribution < -0.4 is 4.74 Å². The van der Waals surface area contributed by atoms with Crippen LogP contribution in [-0.2, 0) is 9.84 Å². The molecule has 0 bridgehead atoms. The molecule has 22 heavy (non-hydrogen) atoms. The van der Waals surface area contributed by atoms with Crippen LogP contribution in [0.1, 0.15) is 23.7 Å². The minimum Gasteiger partial charge on any atom is -0.484 e. The Hall–Kier alpha value is -1.96. The molecule has 122 valence electrons. The van der Waals surface area contributed by atoms with Crippen molar-refractivity contribution in [1.82, 2.24) is 0 Å². The van der Waals surface area contributed by atoms with Crippen molar-refractivity contribution in [3.05, 3.63) is 36.4 Å². The number of aromatic carboxylic acids is 1. The fraction of sp³-hybridized carbons (Fsp3) is 0.357. The van der Waals surface area contributed by atoms with E-state index in [1.807, 2.05) is 0 Å². The first-order chi connectivity index (χ1) is 9.99. The van der Waals surface area contributed by atoms with Gasteiger partial charge in [0, 0.05) is 12.7 Å². The SMILES string of the molecule is C=CCC(F)(F)C(C)Oc1ccc(S(C)(=O)=O)cc1C(=O)O. The molecule has 0 aliphatic rings. The molecular weight excluding hydrogens is 318 g/mol. The molecule has 1 rings (SSSR count). The second-order valence-electron chi connectivity index (χ2n) is 4.75. The number of ether oxygens (including phenoxy) is 1. The summed E-state index contributed by atoms with van der Waals surface area (Å²) in [6.45, 7) is 4.32. The zero-order valence-electron chi connectivity index (χ0n) is 12.0. The lowest BCUT2D eigenvalue weighted by Crippen LogP contribution is -2.35. The smallest absolute Gasteiger partial charge is 0.339 e. The summed E-state index contributed by atoms with van der Waals surface area (Å²) in [5.74, 6) is -5.02. The zero-order valence-corrected chi connectivity index (χ0v) is 12.9. The molecule has 0 amide bonds. The van der Waals surface area contributed by atoms with Gasteiger partial charge >= 0.3 is 5.97 Å². The number of alkyl halides is 2. The van der Waals surface area contributed by atoms with E-state index in [0.717, 1.165) is 37.5 Å². The highest BCUT2D eigenvalue weighted by Gasteiger charge is 2.37. The summed E-state index contributed by atoms with van der Waals surface area (Å²) in [4.78, 5) is 10.9. The van der Waals surface area contributed by atoms with Gasteiger partial charge in [-0.25, -0.2) is 22.0 Å². The molecule has 8 heteroatoms. The van der Waals surface area contributed by atoms with Gasteiger partial charge in [0.15, 0.2) is 15.9 Å². The Morgan fingerprint density at radius 2 is 2.09 bits per heavy atom. The summed E-state index contributed by atoms with van der Waals surface area (Å²) in [6.07, 6.45) is -0.286. The predicted octanol–water partition coefficient (Wildman–Crippen LogP) is 2.77. The Balaban J connectivity index is 3.20. The molecule has 0 fully saturated rings. The number of carbonyl (C=O) groups is 1. The fourth-order valence-corrected chi connectivity index (χ4v) is 2.29. The van der Waals surface area contributed by atoms with Crippen LogP contribution in [0.2, 0.25) is 0 Å². The molecule has 1 N–H and O–H groups in total. The van der Waals surface area contributed by atoms with E-state index in [1.54, 1.807) is 0 Å². The van der Waals surface area contributed by atoms with Crippen LogP contribution in [0.25, 0.3) is 0 Å². The van der Waals surface area contributed by atoms with Crippen molar-refractivity contribution in [3.63, 3.8) is 0 Å². The average Bonchev–Trinajstić information content (AvgIpc) is 2.37. The summed E-state index contributed by atoms with van der Waals surface area (Å²) in [6, 6.07) is 3.04. The van der Waals surface area contributed by atoms with Crippen molar-refractivity contribution in [2.75, 3.05) is 6.26 Å². The first-order valence-electron chi connectivity index (χ1n) is 6.22. The van der Waals surface area contributed by atoms with Crippen LogP contribution >= 0.6 is 0 Å². The number of hydrogen-bond acceptors (Lipinski definition) is 4. The maximum absolute atomic E-state index is 13.7. The van der Waals surface area contributed by atoms with E-state index in [0.29, 0.717) is 0 Å². The largest absolute Gasteiger partial charge is 0.484 e. The third-order valence-corrected chi connectivity index (χ3v) is 4.03. The zero-order chi connectivity index (χ0) is 17.1. The van der Waals surface area contributed by atoms with Crippen LogP contribution in [0, 0.1) is 0 Å². The lowest BCUT2D eigenvalue weighted by molar-refractivity contribution is -0.0850. The minimum absolute atomic E-state index is 0.234. The molecule has 0 spiro atoms. The molecule has 1 unspecified atom stereocenters. The number of sulfone groups is 1. The summed E-state index contributed by atoms with van der Waals surface area (Å²) in [5, 5.41) is 9.10. The number of carboxylic acid groups (broad SMARTS) is 1. The molecule has 0 aromatic heterocycles. The molecule has 0 heterocycles.